The van der Waals surface area contributed by atoms with Crippen LogP contribution in [0.4, 0.5) is 0 Å². The van der Waals surface area contributed by atoms with Crippen molar-refractivity contribution in [1.82, 2.24) is 0 Å². The van der Waals surface area contributed by atoms with E-state index in [9.17, 15) is 4.79 Å². The van der Waals surface area contributed by atoms with E-state index in [4.69, 9.17) is 18.9 Å². The van der Waals surface area contributed by atoms with Gasteiger partial charge in [-0.25, -0.2) is 9.79 Å². The smallest absolute Gasteiger partial charge is 0.363 e. The molecule has 0 saturated carbocycles. The fourth-order valence-electron chi connectivity index (χ4n) is 2.43. The third-order valence-electron chi connectivity index (χ3n) is 3.73. The SMILES string of the molecule is COc1ccc(C2=N/C(=C/c3ccc(OC)c(OC)c3)C(=O)O2)cc1Br. The zero-order valence-electron chi connectivity index (χ0n) is 14.4. The molecule has 0 unspecified atom stereocenters. The molecule has 26 heavy (non-hydrogen) atoms. The van der Waals surface area contributed by atoms with Crippen LogP contribution in [0, 0.1) is 0 Å². The number of methoxy groups -OCH3 is 3. The molecular weight excluding hydrogens is 402 g/mol. The standard InChI is InChI=1S/C19H16BrNO5/c1-23-15-7-5-12(10-13(15)20)18-21-14(19(22)26-18)8-11-4-6-16(24-2)17(9-11)25-3/h4-10H,1-3H3/b14-8+. The fraction of sp³-hybridized carbons (Fsp3) is 0.158. The third-order valence-corrected chi connectivity index (χ3v) is 4.35. The van der Waals surface area contributed by atoms with Crippen molar-refractivity contribution in [1.29, 1.82) is 0 Å². The van der Waals surface area contributed by atoms with Gasteiger partial charge in [0, 0.05) is 5.56 Å². The summed E-state index contributed by atoms with van der Waals surface area (Å²) < 4.78 is 21.7. The lowest BCUT2D eigenvalue weighted by atomic mass is 10.1. The normalized spacial score (nSPS) is 14.8. The van der Waals surface area contributed by atoms with Gasteiger partial charge in [-0.05, 0) is 57.9 Å². The minimum atomic E-state index is -0.512. The molecule has 0 spiro atoms. The number of carbonyl (C=O) groups is 1. The molecule has 1 aliphatic heterocycles. The maximum absolute atomic E-state index is 12.2. The monoisotopic (exact) mass is 417 g/mol. The molecule has 6 nitrogen and oxygen atoms in total. The molecule has 0 saturated heterocycles. The minimum Gasteiger partial charge on any atom is -0.496 e. The molecule has 0 fully saturated rings. The summed E-state index contributed by atoms with van der Waals surface area (Å²) in [6, 6.07) is 10.7. The van der Waals surface area contributed by atoms with Crippen molar-refractivity contribution in [2.24, 2.45) is 4.99 Å². The van der Waals surface area contributed by atoms with Gasteiger partial charge in [0.2, 0.25) is 5.90 Å². The summed E-state index contributed by atoms with van der Waals surface area (Å²) >= 11 is 3.41. The summed E-state index contributed by atoms with van der Waals surface area (Å²) in [5, 5.41) is 0. The molecule has 1 aliphatic rings. The van der Waals surface area contributed by atoms with E-state index >= 15 is 0 Å². The number of ether oxygens (including phenoxy) is 4. The van der Waals surface area contributed by atoms with Crippen LogP contribution in [0.2, 0.25) is 0 Å². The first kappa shape index (κ1) is 18.0. The molecule has 0 aliphatic carbocycles. The van der Waals surface area contributed by atoms with Gasteiger partial charge in [0.25, 0.3) is 0 Å². The highest BCUT2D eigenvalue weighted by atomic mass is 79.9. The average Bonchev–Trinajstić information content (AvgIpc) is 3.02. The highest BCUT2D eigenvalue weighted by Gasteiger charge is 2.24. The first-order valence-corrected chi connectivity index (χ1v) is 8.43. The molecule has 2 aromatic rings. The lowest BCUT2D eigenvalue weighted by Gasteiger charge is -2.07. The van der Waals surface area contributed by atoms with E-state index in [1.165, 1.54) is 0 Å². The Morgan fingerprint density at radius 1 is 0.962 bits per heavy atom. The quantitative estimate of drug-likeness (QED) is 0.546. The average molecular weight is 418 g/mol. The molecule has 3 rings (SSSR count). The predicted octanol–water partition coefficient (Wildman–Crippen LogP) is 3.82. The highest BCUT2D eigenvalue weighted by molar-refractivity contribution is 9.10. The lowest BCUT2D eigenvalue weighted by Crippen LogP contribution is -2.05. The number of halogens is 1. The molecule has 1 heterocycles. The fourth-order valence-corrected chi connectivity index (χ4v) is 2.97. The van der Waals surface area contributed by atoms with E-state index in [0.29, 0.717) is 22.8 Å². The van der Waals surface area contributed by atoms with Crippen molar-refractivity contribution in [3.05, 3.63) is 57.7 Å². The second kappa shape index (κ2) is 7.61. The Hall–Kier alpha value is -2.80. The van der Waals surface area contributed by atoms with Crippen LogP contribution < -0.4 is 14.2 Å². The second-order valence-electron chi connectivity index (χ2n) is 5.30. The number of aliphatic imine (C=N–C) groups is 1. The number of rotatable bonds is 5. The molecule has 134 valence electrons. The second-order valence-corrected chi connectivity index (χ2v) is 6.15. The molecular formula is C19H16BrNO5. The lowest BCUT2D eigenvalue weighted by molar-refractivity contribution is -0.129. The van der Waals surface area contributed by atoms with Crippen LogP contribution in [0.5, 0.6) is 17.2 Å². The van der Waals surface area contributed by atoms with Gasteiger partial charge in [-0.2, -0.15) is 0 Å². The Kier molecular flexibility index (Phi) is 5.27. The van der Waals surface area contributed by atoms with E-state index in [1.807, 2.05) is 0 Å². The first-order chi connectivity index (χ1) is 12.5. The zero-order chi connectivity index (χ0) is 18.7. The van der Waals surface area contributed by atoms with Crippen molar-refractivity contribution in [3.63, 3.8) is 0 Å². The van der Waals surface area contributed by atoms with Crippen molar-refractivity contribution in [2.45, 2.75) is 0 Å². The predicted molar refractivity (Wildman–Crippen MR) is 101 cm³/mol. The van der Waals surface area contributed by atoms with Gasteiger partial charge < -0.3 is 18.9 Å². The molecule has 0 aromatic heterocycles. The van der Waals surface area contributed by atoms with Crippen LogP contribution in [-0.4, -0.2) is 33.2 Å². The van der Waals surface area contributed by atoms with Crippen LogP contribution >= 0.6 is 15.9 Å². The Labute approximate surface area is 159 Å². The Morgan fingerprint density at radius 2 is 1.65 bits per heavy atom. The topological polar surface area (TPSA) is 66.3 Å². The number of hydrogen-bond acceptors (Lipinski definition) is 6. The summed E-state index contributed by atoms with van der Waals surface area (Å²) in [6.45, 7) is 0. The first-order valence-electron chi connectivity index (χ1n) is 7.64. The number of esters is 1. The van der Waals surface area contributed by atoms with Crippen LogP contribution in [0.25, 0.3) is 6.08 Å². The summed E-state index contributed by atoms with van der Waals surface area (Å²) in [7, 11) is 4.70. The molecule has 0 N–H and O–H groups in total. The van der Waals surface area contributed by atoms with Gasteiger partial charge in [0.05, 0.1) is 25.8 Å². The van der Waals surface area contributed by atoms with Crippen molar-refractivity contribution in [3.8, 4) is 17.2 Å². The van der Waals surface area contributed by atoms with Crippen molar-refractivity contribution in [2.75, 3.05) is 21.3 Å². The summed E-state index contributed by atoms with van der Waals surface area (Å²) in [6.07, 6.45) is 1.63. The summed E-state index contributed by atoms with van der Waals surface area (Å²) in [5.74, 6) is 1.58. The zero-order valence-corrected chi connectivity index (χ0v) is 16.0. The number of hydrogen-bond donors (Lipinski definition) is 0. The van der Waals surface area contributed by atoms with Crippen LogP contribution in [0.3, 0.4) is 0 Å². The largest absolute Gasteiger partial charge is 0.496 e. The molecule has 0 radical (unpaired) electrons. The molecule has 0 bridgehead atoms. The number of benzene rings is 2. The van der Waals surface area contributed by atoms with Gasteiger partial charge in [-0.15, -0.1) is 0 Å². The van der Waals surface area contributed by atoms with Gasteiger partial charge in [0.15, 0.2) is 17.2 Å². The van der Waals surface area contributed by atoms with Crippen LogP contribution in [0.15, 0.2) is 51.6 Å². The maximum Gasteiger partial charge on any atom is 0.363 e. The molecule has 2 aromatic carbocycles. The van der Waals surface area contributed by atoms with Gasteiger partial charge in [0.1, 0.15) is 5.75 Å². The number of nitrogens with zero attached hydrogens (tertiary/aromatic N) is 1. The van der Waals surface area contributed by atoms with Crippen LogP contribution in [0.1, 0.15) is 11.1 Å². The Morgan fingerprint density at radius 3 is 2.31 bits per heavy atom. The van der Waals surface area contributed by atoms with Gasteiger partial charge in [-0.3, -0.25) is 0 Å². The van der Waals surface area contributed by atoms with Crippen molar-refractivity contribution < 1.29 is 23.7 Å². The van der Waals surface area contributed by atoms with Gasteiger partial charge >= 0.3 is 5.97 Å². The number of carbonyl (C=O) groups excluding carboxylic acids is 1. The number of cyclic esters (lactones) is 1. The maximum atomic E-state index is 12.2. The van der Waals surface area contributed by atoms with E-state index in [1.54, 1.807) is 63.8 Å². The van der Waals surface area contributed by atoms with E-state index in [-0.39, 0.29) is 11.6 Å². The van der Waals surface area contributed by atoms with Gasteiger partial charge in [-0.1, -0.05) is 6.07 Å². The van der Waals surface area contributed by atoms with Crippen LogP contribution in [-0.2, 0) is 9.53 Å². The molecule has 0 amide bonds. The van der Waals surface area contributed by atoms with E-state index < -0.39 is 5.97 Å². The summed E-state index contributed by atoms with van der Waals surface area (Å²) in [5.41, 5.74) is 1.62. The molecule has 0 atom stereocenters. The Bertz CT molecular complexity index is 920. The summed E-state index contributed by atoms with van der Waals surface area (Å²) in [4.78, 5) is 16.5. The third kappa shape index (κ3) is 3.57. The van der Waals surface area contributed by atoms with E-state index in [0.717, 1.165) is 10.0 Å². The molecule has 7 heteroatoms. The van der Waals surface area contributed by atoms with Crippen molar-refractivity contribution >= 4 is 33.9 Å². The Balaban J connectivity index is 1.93. The minimum absolute atomic E-state index is 0.208. The highest BCUT2D eigenvalue weighted by Crippen LogP contribution is 2.30. The van der Waals surface area contributed by atoms with E-state index in [2.05, 4.69) is 20.9 Å².